The van der Waals surface area contributed by atoms with Gasteiger partial charge in [-0.05, 0) is 56.3 Å². The topological polar surface area (TPSA) is 35.2 Å². The van der Waals surface area contributed by atoms with Crippen molar-refractivity contribution in [2.24, 2.45) is 11.7 Å². The molecule has 1 aromatic rings. The zero-order chi connectivity index (χ0) is 11.5. The largest absolute Gasteiger partial charge is 0.489 e. The van der Waals surface area contributed by atoms with Gasteiger partial charge in [-0.25, -0.2) is 0 Å². The van der Waals surface area contributed by atoms with E-state index in [2.05, 4.69) is 0 Å². The van der Waals surface area contributed by atoms with Crippen molar-refractivity contribution in [1.82, 2.24) is 0 Å². The summed E-state index contributed by atoms with van der Waals surface area (Å²) in [4.78, 5) is 0. The van der Waals surface area contributed by atoms with Crippen molar-refractivity contribution < 1.29 is 4.74 Å². The summed E-state index contributed by atoms with van der Waals surface area (Å²) in [5.41, 5.74) is 6.84. The second-order valence-electron chi connectivity index (χ2n) is 4.59. The van der Waals surface area contributed by atoms with Crippen molar-refractivity contribution >= 4 is 11.6 Å². The minimum atomic E-state index is 0.285. The van der Waals surface area contributed by atoms with E-state index in [-0.39, 0.29) is 6.10 Å². The molecule has 0 aromatic heterocycles. The Morgan fingerprint density at radius 2 is 2.25 bits per heavy atom. The van der Waals surface area contributed by atoms with Crippen LogP contribution in [0.15, 0.2) is 18.2 Å². The first-order chi connectivity index (χ1) is 7.69. The molecule has 1 fully saturated rings. The number of hydrogen-bond donors (Lipinski definition) is 1. The Morgan fingerprint density at radius 3 is 2.94 bits per heavy atom. The smallest absolute Gasteiger partial charge is 0.138 e. The van der Waals surface area contributed by atoms with E-state index in [4.69, 9.17) is 22.1 Å². The van der Waals surface area contributed by atoms with Gasteiger partial charge in [0.05, 0.1) is 11.1 Å². The number of ether oxygens (including phenoxy) is 1. The Morgan fingerprint density at radius 1 is 1.44 bits per heavy atom. The van der Waals surface area contributed by atoms with Crippen molar-refractivity contribution in [2.75, 3.05) is 6.54 Å². The van der Waals surface area contributed by atoms with Gasteiger partial charge in [-0.15, -0.1) is 0 Å². The van der Waals surface area contributed by atoms with Gasteiger partial charge in [-0.2, -0.15) is 0 Å². The number of benzene rings is 1. The maximum absolute atomic E-state index is 6.10. The normalized spacial score (nSPS) is 24.7. The molecule has 0 saturated heterocycles. The first kappa shape index (κ1) is 11.7. The molecule has 3 heteroatoms. The first-order valence-corrected chi connectivity index (χ1v) is 6.19. The van der Waals surface area contributed by atoms with E-state index in [9.17, 15) is 0 Å². The molecular formula is C13H18ClNO. The molecule has 0 radical (unpaired) electrons. The third kappa shape index (κ3) is 2.69. The number of rotatable bonds is 3. The fourth-order valence-electron chi connectivity index (χ4n) is 2.23. The lowest BCUT2D eigenvalue weighted by Crippen LogP contribution is -2.16. The monoisotopic (exact) mass is 239 g/mol. The van der Waals surface area contributed by atoms with Crippen molar-refractivity contribution in [3.8, 4) is 5.75 Å². The molecular weight excluding hydrogens is 222 g/mol. The van der Waals surface area contributed by atoms with Crippen LogP contribution in [-0.2, 0) is 0 Å². The second-order valence-corrected chi connectivity index (χ2v) is 5.00. The van der Waals surface area contributed by atoms with Crippen LogP contribution in [0, 0.1) is 12.8 Å². The fourth-order valence-corrected chi connectivity index (χ4v) is 2.39. The Kier molecular flexibility index (Phi) is 3.72. The summed E-state index contributed by atoms with van der Waals surface area (Å²) in [5.74, 6) is 1.43. The van der Waals surface area contributed by atoms with Gasteiger partial charge in [-0.3, -0.25) is 0 Å². The zero-order valence-electron chi connectivity index (χ0n) is 9.58. The van der Waals surface area contributed by atoms with Crippen LogP contribution in [0.5, 0.6) is 5.75 Å². The van der Waals surface area contributed by atoms with Crippen molar-refractivity contribution in [2.45, 2.75) is 32.3 Å². The number of hydrogen-bond acceptors (Lipinski definition) is 2. The summed E-state index contributed by atoms with van der Waals surface area (Å²) in [6.45, 7) is 2.81. The molecule has 0 heterocycles. The molecule has 0 bridgehead atoms. The van der Waals surface area contributed by atoms with E-state index in [0.717, 1.165) is 25.1 Å². The molecule has 2 unspecified atom stereocenters. The summed E-state index contributed by atoms with van der Waals surface area (Å²) in [6.07, 6.45) is 3.60. The van der Waals surface area contributed by atoms with Crippen LogP contribution in [0.1, 0.15) is 24.8 Å². The van der Waals surface area contributed by atoms with E-state index in [1.165, 1.54) is 12.0 Å². The fraction of sp³-hybridized carbons (Fsp3) is 0.538. The van der Waals surface area contributed by atoms with Crippen molar-refractivity contribution in [3.63, 3.8) is 0 Å². The highest BCUT2D eigenvalue weighted by Crippen LogP contribution is 2.32. The van der Waals surface area contributed by atoms with Crippen molar-refractivity contribution in [1.29, 1.82) is 0 Å². The predicted molar refractivity (Wildman–Crippen MR) is 67.0 cm³/mol. The maximum Gasteiger partial charge on any atom is 0.138 e. The molecule has 2 N–H and O–H groups in total. The maximum atomic E-state index is 6.10. The molecule has 1 aliphatic carbocycles. The standard InChI is InChI=1S/C13H18ClNO/c1-9-2-5-12(14)13(6-9)16-11-4-3-10(7-11)8-15/h2,5-6,10-11H,3-4,7-8,15H2,1H3. The average Bonchev–Trinajstić information content (AvgIpc) is 2.71. The molecule has 0 aliphatic heterocycles. The SMILES string of the molecule is Cc1ccc(Cl)c(OC2CCC(CN)C2)c1. The van der Waals surface area contributed by atoms with Gasteiger partial charge < -0.3 is 10.5 Å². The second kappa shape index (κ2) is 5.07. The highest BCUT2D eigenvalue weighted by molar-refractivity contribution is 6.32. The van der Waals surface area contributed by atoms with Gasteiger partial charge in [0.2, 0.25) is 0 Å². The van der Waals surface area contributed by atoms with Gasteiger partial charge in [0, 0.05) is 0 Å². The van der Waals surface area contributed by atoms with Crippen molar-refractivity contribution in [3.05, 3.63) is 28.8 Å². The lowest BCUT2D eigenvalue weighted by atomic mass is 10.1. The van der Waals surface area contributed by atoms with Crippen LogP contribution in [0.2, 0.25) is 5.02 Å². The predicted octanol–water partition coefficient (Wildman–Crippen LogP) is 3.15. The highest BCUT2D eigenvalue weighted by atomic mass is 35.5. The molecule has 16 heavy (non-hydrogen) atoms. The van der Waals surface area contributed by atoms with Gasteiger partial charge >= 0.3 is 0 Å². The number of halogens is 1. The van der Waals surface area contributed by atoms with E-state index >= 15 is 0 Å². The van der Waals surface area contributed by atoms with E-state index in [1.807, 2.05) is 25.1 Å². The van der Waals surface area contributed by atoms with Crippen LogP contribution in [0.25, 0.3) is 0 Å². The summed E-state index contributed by atoms with van der Waals surface area (Å²) in [6, 6.07) is 5.88. The molecule has 2 rings (SSSR count). The average molecular weight is 240 g/mol. The van der Waals surface area contributed by atoms with Crippen LogP contribution in [-0.4, -0.2) is 12.6 Å². The zero-order valence-corrected chi connectivity index (χ0v) is 10.3. The van der Waals surface area contributed by atoms with Gasteiger partial charge in [0.1, 0.15) is 5.75 Å². The molecule has 1 saturated carbocycles. The van der Waals surface area contributed by atoms with Gasteiger partial charge in [-0.1, -0.05) is 17.7 Å². The van der Waals surface area contributed by atoms with E-state index < -0.39 is 0 Å². The van der Waals surface area contributed by atoms with Crippen LogP contribution >= 0.6 is 11.6 Å². The highest BCUT2D eigenvalue weighted by Gasteiger charge is 2.25. The third-order valence-electron chi connectivity index (χ3n) is 3.21. The molecule has 2 nitrogen and oxygen atoms in total. The van der Waals surface area contributed by atoms with Crippen LogP contribution < -0.4 is 10.5 Å². The molecule has 2 atom stereocenters. The molecule has 88 valence electrons. The molecule has 0 amide bonds. The van der Waals surface area contributed by atoms with Gasteiger partial charge in [0.25, 0.3) is 0 Å². The minimum Gasteiger partial charge on any atom is -0.489 e. The van der Waals surface area contributed by atoms with Crippen LogP contribution in [0.4, 0.5) is 0 Å². The minimum absolute atomic E-state index is 0.285. The summed E-state index contributed by atoms with van der Waals surface area (Å²) in [5, 5.41) is 0.696. The van der Waals surface area contributed by atoms with Gasteiger partial charge in [0.15, 0.2) is 0 Å². The summed E-state index contributed by atoms with van der Waals surface area (Å²) in [7, 11) is 0. The summed E-state index contributed by atoms with van der Waals surface area (Å²) < 4.78 is 5.93. The quantitative estimate of drug-likeness (QED) is 0.880. The Bertz CT molecular complexity index is 367. The van der Waals surface area contributed by atoms with Crippen LogP contribution in [0.3, 0.4) is 0 Å². The Balaban J connectivity index is 2.01. The Labute approximate surface area is 102 Å². The van der Waals surface area contributed by atoms with E-state index in [0.29, 0.717) is 10.9 Å². The first-order valence-electron chi connectivity index (χ1n) is 5.82. The molecule has 0 spiro atoms. The summed E-state index contributed by atoms with van der Waals surface area (Å²) >= 11 is 6.10. The number of nitrogens with two attached hydrogens (primary N) is 1. The molecule has 1 aromatic carbocycles. The lowest BCUT2D eigenvalue weighted by molar-refractivity contribution is 0.204. The number of aryl methyl sites for hydroxylation is 1. The lowest BCUT2D eigenvalue weighted by Gasteiger charge is -2.15. The Hall–Kier alpha value is -0.730. The van der Waals surface area contributed by atoms with E-state index in [1.54, 1.807) is 0 Å². The molecule has 1 aliphatic rings. The third-order valence-corrected chi connectivity index (χ3v) is 3.52.